The van der Waals surface area contributed by atoms with Crippen molar-refractivity contribution >= 4 is 11.9 Å². The minimum absolute atomic E-state index is 0.0618. The van der Waals surface area contributed by atoms with Crippen molar-refractivity contribution in [2.45, 2.75) is 6.61 Å². The Morgan fingerprint density at radius 3 is 2.38 bits per heavy atom. The SMILES string of the molecule is COc1cccc(C(=O)C=Cc2ccc(OCc3ccccc3)cc2)c1. The molecule has 0 aromatic heterocycles. The lowest BCUT2D eigenvalue weighted by Crippen LogP contribution is -1.95. The van der Waals surface area contributed by atoms with Crippen molar-refractivity contribution in [3.63, 3.8) is 0 Å². The third-order valence-electron chi connectivity index (χ3n) is 3.91. The Balaban J connectivity index is 1.59. The molecule has 26 heavy (non-hydrogen) atoms. The molecule has 3 aromatic rings. The molecule has 0 N–H and O–H groups in total. The van der Waals surface area contributed by atoms with E-state index in [0.717, 1.165) is 16.9 Å². The van der Waals surface area contributed by atoms with Gasteiger partial charge < -0.3 is 9.47 Å². The van der Waals surface area contributed by atoms with Gasteiger partial charge in [0.1, 0.15) is 18.1 Å². The predicted octanol–water partition coefficient (Wildman–Crippen LogP) is 5.17. The molecule has 0 aliphatic heterocycles. The van der Waals surface area contributed by atoms with Gasteiger partial charge in [0.05, 0.1) is 7.11 Å². The number of carbonyl (C=O) groups is 1. The zero-order chi connectivity index (χ0) is 18.2. The molecule has 0 aliphatic rings. The molecule has 3 aromatic carbocycles. The van der Waals surface area contributed by atoms with Crippen LogP contribution in [0.25, 0.3) is 6.08 Å². The van der Waals surface area contributed by atoms with Gasteiger partial charge in [-0.15, -0.1) is 0 Å². The Morgan fingerprint density at radius 2 is 1.65 bits per heavy atom. The summed E-state index contributed by atoms with van der Waals surface area (Å²) in [5.74, 6) is 1.41. The van der Waals surface area contributed by atoms with E-state index in [9.17, 15) is 4.79 Å². The summed E-state index contributed by atoms with van der Waals surface area (Å²) in [5, 5.41) is 0. The van der Waals surface area contributed by atoms with Crippen molar-refractivity contribution in [1.29, 1.82) is 0 Å². The molecular weight excluding hydrogens is 324 g/mol. The van der Waals surface area contributed by atoms with Crippen LogP contribution in [0, 0.1) is 0 Å². The van der Waals surface area contributed by atoms with Crippen LogP contribution in [0.15, 0.2) is 84.9 Å². The summed E-state index contributed by atoms with van der Waals surface area (Å²) >= 11 is 0. The summed E-state index contributed by atoms with van der Waals surface area (Å²) in [4.78, 5) is 12.2. The van der Waals surface area contributed by atoms with E-state index in [1.165, 1.54) is 0 Å². The average Bonchev–Trinajstić information content (AvgIpc) is 2.72. The van der Waals surface area contributed by atoms with Crippen LogP contribution in [0.2, 0.25) is 0 Å². The number of benzene rings is 3. The van der Waals surface area contributed by atoms with E-state index in [1.807, 2.05) is 60.7 Å². The molecular formula is C23H20O3. The van der Waals surface area contributed by atoms with Crippen LogP contribution < -0.4 is 9.47 Å². The summed E-state index contributed by atoms with van der Waals surface area (Å²) in [6, 6.07) is 24.8. The fourth-order valence-corrected chi connectivity index (χ4v) is 2.46. The number of ketones is 1. The van der Waals surface area contributed by atoms with E-state index >= 15 is 0 Å². The minimum atomic E-state index is -0.0618. The first kappa shape index (κ1) is 17.5. The van der Waals surface area contributed by atoms with Gasteiger partial charge in [-0.1, -0.05) is 60.7 Å². The topological polar surface area (TPSA) is 35.5 Å². The number of allylic oxidation sites excluding steroid dienone is 1. The summed E-state index contributed by atoms with van der Waals surface area (Å²) < 4.78 is 10.9. The van der Waals surface area contributed by atoms with E-state index in [0.29, 0.717) is 17.9 Å². The molecule has 3 heteroatoms. The highest BCUT2D eigenvalue weighted by molar-refractivity contribution is 6.07. The van der Waals surface area contributed by atoms with E-state index in [4.69, 9.17) is 9.47 Å². The molecule has 0 amide bonds. The summed E-state index contributed by atoms with van der Waals surface area (Å²) in [5.41, 5.74) is 2.66. The van der Waals surface area contributed by atoms with E-state index in [1.54, 1.807) is 37.5 Å². The first-order chi connectivity index (χ1) is 12.7. The van der Waals surface area contributed by atoms with Gasteiger partial charge in [0.2, 0.25) is 0 Å². The predicted molar refractivity (Wildman–Crippen MR) is 104 cm³/mol. The molecule has 0 spiro atoms. The van der Waals surface area contributed by atoms with Crippen molar-refractivity contribution in [2.75, 3.05) is 7.11 Å². The molecule has 130 valence electrons. The molecule has 0 bridgehead atoms. The lowest BCUT2D eigenvalue weighted by atomic mass is 10.1. The fourth-order valence-electron chi connectivity index (χ4n) is 2.46. The molecule has 0 heterocycles. The number of hydrogen-bond donors (Lipinski definition) is 0. The van der Waals surface area contributed by atoms with Crippen molar-refractivity contribution in [1.82, 2.24) is 0 Å². The van der Waals surface area contributed by atoms with Crippen LogP contribution in [0.5, 0.6) is 11.5 Å². The quantitative estimate of drug-likeness (QED) is 0.438. The number of hydrogen-bond acceptors (Lipinski definition) is 3. The smallest absolute Gasteiger partial charge is 0.185 e. The second-order valence-corrected chi connectivity index (χ2v) is 5.77. The molecule has 0 saturated carbocycles. The molecule has 0 saturated heterocycles. The molecule has 0 fully saturated rings. The highest BCUT2D eigenvalue weighted by Crippen LogP contribution is 2.17. The maximum absolute atomic E-state index is 12.2. The molecule has 0 radical (unpaired) electrons. The van der Waals surface area contributed by atoms with Gasteiger partial charge in [-0.25, -0.2) is 0 Å². The van der Waals surface area contributed by atoms with Crippen LogP contribution in [-0.4, -0.2) is 12.9 Å². The van der Waals surface area contributed by atoms with Gasteiger partial charge in [0.25, 0.3) is 0 Å². The largest absolute Gasteiger partial charge is 0.497 e. The Morgan fingerprint density at radius 1 is 0.885 bits per heavy atom. The van der Waals surface area contributed by atoms with E-state index in [2.05, 4.69) is 0 Å². The third-order valence-corrected chi connectivity index (χ3v) is 3.91. The van der Waals surface area contributed by atoms with Gasteiger partial charge in [0, 0.05) is 5.56 Å². The Hall–Kier alpha value is -3.33. The molecule has 0 aliphatic carbocycles. The van der Waals surface area contributed by atoms with Crippen LogP contribution >= 0.6 is 0 Å². The van der Waals surface area contributed by atoms with Gasteiger partial charge in [-0.3, -0.25) is 4.79 Å². The normalized spacial score (nSPS) is 10.7. The second kappa shape index (κ2) is 8.67. The number of methoxy groups -OCH3 is 1. The fraction of sp³-hybridized carbons (Fsp3) is 0.0870. The van der Waals surface area contributed by atoms with Gasteiger partial charge in [-0.05, 0) is 41.5 Å². The van der Waals surface area contributed by atoms with E-state index in [-0.39, 0.29) is 5.78 Å². The Kier molecular flexibility index (Phi) is 5.84. The number of ether oxygens (including phenoxy) is 2. The zero-order valence-corrected chi connectivity index (χ0v) is 14.6. The van der Waals surface area contributed by atoms with Crippen molar-refractivity contribution < 1.29 is 14.3 Å². The van der Waals surface area contributed by atoms with Gasteiger partial charge in [-0.2, -0.15) is 0 Å². The van der Waals surface area contributed by atoms with Crippen LogP contribution in [0.4, 0.5) is 0 Å². The summed E-state index contributed by atoms with van der Waals surface area (Å²) in [6.45, 7) is 0.532. The van der Waals surface area contributed by atoms with Gasteiger partial charge >= 0.3 is 0 Å². The molecule has 3 nitrogen and oxygen atoms in total. The minimum Gasteiger partial charge on any atom is -0.497 e. The maximum atomic E-state index is 12.2. The molecule has 0 atom stereocenters. The summed E-state index contributed by atoms with van der Waals surface area (Å²) in [6.07, 6.45) is 3.36. The first-order valence-corrected chi connectivity index (χ1v) is 8.38. The highest BCUT2D eigenvalue weighted by atomic mass is 16.5. The third kappa shape index (κ3) is 4.84. The van der Waals surface area contributed by atoms with Crippen LogP contribution in [0.3, 0.4) is 0 Å². The van der Waals surface area contributed by atoms with Crippen LogP contribution in [0.1, 0.15) is 21.5 Å². The lowest BCUT2D eigenvalue weighted by molar-refractivity contribution is 0.104. The van der Waals surface area contributed by atoms with Crippen molar-refractivity contribution in [3.8, 4) is 11.5 Å². The lowest BCUT2D eigenvalue weighted by Gasteiger charge is -2.06. The monoisotopic (exact) mass is 344 g/mol. The standard InChI is InChI=1S/C23H20O3/c1-25-22-9-5-8-20(16-22)23(24)15-12-18-10-13-21(14-11-18)26-17-19-6-3-2-4-7-19/h2-16H,17H2,1H3. The Bertz CT molecular complexity index is 881. The second-order valence-electron chi connectivity index (χ2n) is 5.77. The van der Waals surface area contributed by atoms with E-state index < -0.39 is 0 Å². The first-order valence-electron chi connectivity index (χ1n) is 8.38. The average molecular weight is 344 g/mol. The molecule has 0 unspecified atom stereocenters. The van der Waals surface area contributed by atoms with Gasteiger partial charge in [0.15, 0.2) is 5.78 Å². The van der Waals surface area contributed by atoms with Crippen molar-refractivity contribution in [2.24, 2.45) is 0 Å². The van der Waals surface area contributed by atoms with Crippen LogP contribution in [-0.2, 0) is 6.61 Å². The number of carbonyl (C=O) groups excluding carboxylic acids is 1. The number of rotatable bonds is 7. The highest BCUT2D eigenvalue weighted by Gasteiger charge is 2.03. The maximum Gasteiger partial charge on any atom is 0.185 e. The van der Waals surface area contributed by atoms with Crippen molar-refractivity contribution in [3.05, 3.63) is 102 Å². The summed E-state index contributed by atoms with van der Waals surface area (Å²) in [7, 11) is 1.58. The Labute approximate surface area is 153 Å². The zero-order valence-electron chi connectivity index (χ0n) is 14.6. The molecule has 3 rings (SSSR count).